The molecule has 1 fully saturated rings. The highest BCUT2D eigenvalue weighted by atomic mass is 16.6. The number of rotatable bonds is 4. The minimum atomic E-state index is -0.465. The van der Waals surface area contributed by atoms with Crippen molar-refractivity contribution in [2.45, 2.75) is 25.8 Å². The number of piperidine rings is 1. The number of methoxy groups -OCH3 is 1. The predicted octanol–water partition coefficient (Wildman–Crippen LogP) is 2.25. The van der Waals surface area contributed by atoms with Crippen molar-refractivity contribution in [2.75, 3.05) is 20.2 Å². The molecule has 1 aromatic carbocycles. The van der Waals surface area contributed by atoms with Gasteiger partial charge in [-0.15, -0.1) is 0 Å². The molecule has 0 aliphatic carbocycles. The van der Waals surface area contributed by atoms with Crippen LogP contribution in [0.3, 0.4) is 0 Å². The first-order valence-electron chi connectivity index (χ1n) is 7.80. The van der Waals surface area contributed by atoms with Gasteiger partial charge in [0.1, 0.15) is 0 Å². The Morgan fingerprint density at radius 2 is 2.21 bits per heavy atom. The Kier molecular flexibility index (Phi) is 5.73. The van der Waals surface area contributed by atoms with Crippen LogP contribution in [0.4, 0.5) is 10.5 Å². The third kappa shape index (κ3) is 4.21. The molecule has 0 spiro atoms. The van der Waals surface area contributed by atoms with E-state index in [1.54, 1.807) is 19.1 Å². The first-order chi connectivity index (χ1) is 11.4. The van der Waals surface area contributed by atoms with Crippen LogP contribution in [0.1, 0.15) is 31.4 Å². The lowest BCUT2D eigenvalue weighted by Gasteiger charge is -2.31. The normalized spacial score (nSPS) is 18.6. The number of non-ortho nitro benzene ring substituents is 1. The summed E-state index contributed by atoms with van der Waals surface area (Å²) in [4.78, 5) is 35.9. The summed E-state index contributed by atoms with van der Waals surface area (Å²) >= 11 is 0. The number of nitrogens with zero attached hydrogens (tertiary/aromatic N) is 2. The number of likely N-dealkylation sites (tertiary alicyclic amines) is 1. The number of amides is 2. The molecule has 2 atom stereocenters. The van der Waals surface area contributed by atoms with Gasteiger partial charge in [0.2, 0.25) is 5.91 Å². The number of benzene rings is 1. The van der Waals surface area contributed by atoms with Crippen molar-refractivity contribution in [3.63, 3.8) is 0 Å². The lowest BCUT2D eigenvalue weighted by atomic mass is 9.96. The number of nitro groups is 1. The van der Waals surface area contributed by atoms with Crippen LogP contribution in [-0.4, -0.2) is 42.0 Å². The number of carbonyl (C=O) groups is 2. The van der Waals surface area contributed by atoms with E-state index in [2.05, 4.69) is 5.32 Å². The van der Waals surface area contributed by atoms with Crippen LogP contribution < -0.4 is 5.32 Å². The van der Waals surface area contributed by atoms with E-state index in [1.807, 2.05) is 0 Å². The highest BCUT2D eigenvalue weighted by molar-refractivity contribution is 5.80. The van der Waals surface area contributed by atoms with E-state index in [9.17, 15) is 19.7 Å². The molecule has 1 N–H and O–H groups in total. The maximum Gasteiger partial charge on any atom is 0.409 e. The van der Waals surface area contributed by atoms with E-state index in [0.29, 0.717) is 25.1 Å². The van der Waals surface area contributed by atoms with Gasteiger partial charge in [-0.2, -0.15) is 0 Å². The highest BCUT2D eigenvalue weighted by Crippen LogP contribution is 2.21. The molecule has 2 rings (SSSR count). The zero-order valence-corrected chi connectivity index (χ0v) is 13.7. The molecule has 24 heavy (non-hydrogen) atoms. The number of hydrogen-bond donors (Lipinski definition) is 1. The molecule has 1 aromatic rings. The Balaban J connectivity index is 1.99. The topological polar surface area (TPSA) is 102 Å². The maximum atomic E-state index is 12.4. The molecule has 0 radical (unpaired) electrons. The van der Waals surface area contributed by atoms with Crippen molar-refractivity contribution in [3.8, 4) is 0 Å². The van der Waals surface area contributed by atoms with Gasteiger partial charge in [0.15, 0.2) is 0 Å². The molecule has 8 heteroatoms. The minimum absolute atomic E-state index is 0.0110. The fourth-order valence-electron chi connectivity index (χ4n) is 2.81. The number of carbonyl (C=O) groups excluding carboxylic acids is 2. The van der Waals surface area contributed by atoms with Gasteiger partial charge in [0.05, 0.1) is 24.0 Å². The van der Waals surface area contributed by atoms with E-state index >= 15 is 0 Å². The summed E-state index contributed by atoms with van der Waals surface area (Å²) in [5, 5.41) is 13.7. The Labute approximate surface area is 139 Å². The maximum absolute atomic E-state index is 12.4. The number of ether oxygens (including phenoxy) is 1. The average Bonchev–Trinajstić information content (AvgIpc) is 2.61. The summed E-state index contributed by atoms with van der Waals surface area (Å²) in [6.07, 6.45) is 0.999. The molecule has 1 heterocycles. The van der Waals surface area contributed by atoms with Gasteiger partial charge in [0.25, 0.3) is 5.69 Å². The molecule has 130 valence electrons. The Morgan fingerprint density at radius 1 is 1.46 bits per heavy atom. The third-order valence-electron chi connectivity index (χ3n) is 4.16. The molecule has 2 amide bonds. The SMILES string of the molecule is COC(=O)N1CCC[C@@H](C(=O)N[C@H](C)c2cccc([N+](=O)[O-])c2)C1. The van der Waals surface area contributed by atoms with Gasteiger partial charge in [-0.25, -0.2) is 4.79 Å². The van der Waals surface area contributed by atoms with Crippen LogP contribution in [0.25, 0.3) is 0 Å². The Morgan fingerprint density at radius 3 is 2.88 bits per heavy atom. The molecule has 1 aliphatic rings. The lowest BCUT2D eigenvalue weighted by Crippen LogP contribution is -2.45. The zero-order valence-electron chi connectivity index (χ0n) is 13.7. The predicted molar refractivity (Wildman–Crippen MR) is 86.4 cm³/mol. The van der Waals surface area contributed by atoms with Crippen LogP contribution in [0.2, 0.25) is 0 Å². The van der Waals surface area contributed by atoms with Crippen molar-refractivity contribution in [3.05, 3.63) is 39.9 Å². The third-order valence-corrected chi connectivity index (χ3v) is 4.16. The van der Waals surface area contributed by atoms with Crippen molar-refractivity contribution < 1.29 is 19.2 Å². The molecule has 1 aliphatic heterocycles. The second kappa shape index (κ2) is 7.76. The smallest absolute Gasteiger partial charge is 0.409 e. The highest BCUT2D eigenvalue weighted by Gasteiger charge is 2.29. The fourth-order valence-corrected chi connectivity index (χ4v) is 2.81. The minimum Gasteiger partial charge on any atom is -0.453 e. The van der Waals surface area contributed by atoms with Gasteiger partial charge in [0, 0.05) is 25.2 Å². The summed E-state index contributed by atoms with van der Waals surface area (Å²) < 4.78 is 4.70. The molecule has 8 nitrogen and oxygen atoms in total. The van der Waals surface area contributed by atoms with Gasteiger partial charge in [-0.3, -0.25) is 14.9 Å². The van der Waals surface area contributed by atoms with Crippen LogP contribution in [-0.2, 0) is 9.53 Å². The van der Waals surface area contributed by atoms with Gasteiger partial charge >= 0.3 is 6.09 Å². The standard InChI is InChI=1S/C16H21N3O5/c1-11(12-5-3-7-14(9-12)19(22)23)17-15(20)13-6-4-8-18(10-13)16(21)24-2/h3,5,7,9,11,13H,4,6,8,10H2,1-2H3,(H,17,20)/t11-,13-/m1/s1. The van der Waals surface area contributed by atoms with Crippen molar-refractivity contribution >= 4 is 17.7 Å². The lowest BCUT2D eigenvalue weighted by molar-refractivity contribution is -0.384. The second-order valence-corrected chi connectivity index (χ2v) is 5.84. The summed E-state index contributed by atoms with van der Waals surface area (Å²) in [7, 11) is 1.32. The van der Waals surface area contributed by atoms with E-state index in [-0.39, 0.29) is 23.6 Å². The quantitative estimate of drug-likeness (QED) is 0.671. The Hall–Kier alpha value is -2.64. The van der Waals surface area contributed by atoms with Gasteiger partial charge in [-0.05, 0) is 25.3 Å². The van der Waals surface area contributed by atoms with Crippen LogP contribution in [0, 0.1) is 16.0 Å². The largest absolute Gasteiger partial charge is 0.453 e. The summed E-state index contributed by atoms with van der Waals surface area (Å²) in [6, 6.07) is 5.83. The number of hydrogen-bond acceptors (Lipinski definition) is 5. The average molecular weight is 335 g/mol. The van der Waals surface area contributed by atoms with E-state index < -0.39 is 11.0 Å². The molecule has 1 saturated heterocycles. The molecular weight excluding hydrogens is 314 g/mol. The molecule has 0 aromatic heterocycles. The summed E-state index contributed by atoms with van der Waals surface area (Å²) in [5.74, 6) is -0.471. The first-order valence-corrected chi connectivity index (χ1v) is 7.80. The second-order valence-electron chi connectivity index (χ2n) is 5.84. The molecule has 0 saturated carbocycles. The van der Waals surface area contributed by atoms with Crippen LogP contribution >= 0.6 is 0 Å². The molecule has 0 unspecified atom stereocenters. The van der Waals surface area contributed by atoms with Gasteiger partial charge in [-0.1, -0.05) is 12.1 Å². The van der Waals surface area contributed by atoms with Crippen molar-refractivity contribution in [1.29, 1.82) is 0 Å². The van der Waals surface area contributed by atoms with Crippen LogP contribution in [0.5, 0.6) is 0 Å². The van der Waals surface area contributed by atoms with E-state index in [1.165, 1.54) is 24.1 Å². The van der Waals surface area contributed by atoms with Crippen LogP contribution in [0.15, 0.2) is 24.3 Å². The number of nitro benzene ring substituents is 1. The zero-order chi connectivity index (χ0) is 17.7. The fraction of sp³-hybridized carbons (Fsp3) is 0.500. The van der Waals surface area contributed by atoms with Gasteiger partial charge < -0.3 is 15.0 Å². The van der Waals surface area contributed by atoms with Crippen molar-refractivity contribution in [2.24, 2.45) is 5.92 Å². The number of nitrogens with one attached hydrogen (secondary N) is 1. The Bertz CT molecular complexity index is 634. The van der Waals surface area contributed by atoms with E-state index in [4.69, 9.17) is 4.74 Å². The summed E-state index contributed by atoms with van der Waals surface area (Å²) in [5.41, 5.74) is 0.654. The van der Waals surface area contributed by atoms with E-state index in [0.717, 1.165) is 6.42 Å². The molecule has 0 bridgehead atoms. The first kappa shape index (κ1) is 17.7. The monoisotopic (exact) mass is 335 g/mol. The summed E-state index contributed by atoms with van der Waals surface area (Å²) in [6.45, 7) is 2.68. The molecular formula is C16H21N3O5. The van der Waals surface area contributed by atoms with Crippen molar-refractivity contribution in [1.82, 2.24) is 10.2 Å².